The molecule has 0 bridgehead atoms. The van der Waals surface area contributed by atoms with Gasteiger partial charge >= 0.3 is 12.1 Å². The number of carbonyl (C=O) groups is 3. The SMILES string of the molecule is COC(=O)c1cccc(C(=O)NNC(=O)O)c1. The summed E-state index contributed by atoms with van der Waals surface area (Å²) in [4.78, 5) is 32.8. The van der Waals surface area contributed by atoms with Crippen LogP contribution in [-0.2, 0) is 4.74 Å². The molecule has 17 heavy (non-hydrogen) atoms. The quantitative estimate of drug-likeness (QED) is 0.510. The van der Waals surface area contributed by atoms with Crippen LogP contribution in [0.4, 0.5) is 4.79 Å². The number of amides is 2. The molecule has 0 aliphatic heterocycles. The third kappa shape index (κ3) is 3.49. The van der Waals surface area contributed by atoms with E-state index >= 15 is 0 Å². The summed E-state index contributed by atoms with van der Waals surface area (Å²) >= 11 is 0. The number of carboxylic acid groups (broad SMARTS) is 1. The van der Waals surface area contributed by atoms with Crippen molar-refractivity contribution >= 4 is 18.0 Å². The molecule has 1 aromatic rings. The zero-order valence-corrected chi connectivity index (χ0v) is 8.89. The molecule has 0 heterocycles. The molecule has 0 aliphatic carbocycles. The van der Waals surface area contributed by atoms with Gasteiger partial charge in [-0.3, -0.25) is 10.2 Å². The Morgan fingerprint density at radius 3 is 2.41 bits per heavy atom. The molecule has 0 aliphatic rings. The minimum Gasteiger partial charge on any atom is -0.465 e. The predicted molar refractivity (Wildman–Crippen MR) is 56.4 cm³/mol. The summed E-state index contributed by atoms with van der Waals surface area (Å²) in [6.07, 6.45) is -1.39. The number of carbonyl (C=O) groups excluding carboxylic acids is 2. The first-order valence-corrected chi connectivity index (χ1v) is 4.52. The van der Waals surface area contributed by atoms with Crippen molar-refractivity contribution in [3.8, 4) is 0 Å². The molecule has 90 valence electrons. The van der Waals surface area contributed by atoms with Crippen LogP contribution in [0.3, 0.4) is 0 Å². The van der Waals surface area contributed by atoms with Gasteiger partial charge in [-0.15, -0.1) is 0 Å². The summed E-state index contributed by atoms with van der Waals surface area (Å²) in [6.45, 7) is 0. The average molecular weight is 238 g/mol. The molecule has 0 atom stereocenters. The second-order valence-corrected chi connectivity index (χ2v) is 2.96. The number of benzene rings is 1. The van der Waals surface area contributed by atoms with Crippen molar-refractivity contribution in [1.82, 2.24) is 10.9 Å². The highest BCUT2D eigenvalue weighted by Gasteiger charge is 2.10. The molecule has 0 unspecified atom stereocenters. The number of methoxy groups -OCH3 is 1. The normalized spacial score (nSPS) is 9.24. The van der Waals surface area contributed by atoms with Crippen LogP contribution in [0.2, 0.25) is 0 Å². The van der Waals surface area contributed by atoms with Gasteiger partial charge in [0, 0.05) is 5.56 Å². The van der Waals surface area contributed by atoms with Gasteiger partial charge in [0.05, 0.1) is 12.7 Å². The van der Waals surface area contributed by atoms with Crippen LogP contribution in [0.15, 0.2) is 24.3 Å². The van der Waals surface area contributed by atoms with Crippen molar-refractivity contribution < 1.29 is 24.2 Å². The number of rotatable bonds is 2. The zero-order valence-electron chi connectivity index (χ0n) is 8.89. The van der Waals surface area contributed by atoms with Crippen molar-refractivity contribution in [3.05, 3.63) is 35.4 Å². The Morgan fingerprint density at radius 2 is 1.82 bits per heavy atom. The standard InChI is InChI=1S/C10H10N2O5/c1-17-9(14)7-4-2-3-6(5-7)8(13)11-12-10(15)16/h2-5,12H,1H3,(H,11,13)(H,15,16). The maximum atomic E-state index is 11.4. The van der Waals surface area contributed by atoms with Crippen molar-refractivity contribution in [1.29, 1.82) is 0 Å². The van der Waals surface area contributed by atoms with Crippen LogP contribution in [0.1, 0.15) is 20.7 Å². The first-order valence-electron chi connectivity index (χ1n) is 4.52. The van der Waals surface area contributed by atoms with Crippen LogP contribution in [0.25, 0.3) is 0 Å². The number of hydrazine groups is 1. The van der Waals surface area contributed by atoms with Gasteiger partial charge in [-0.25, -0.2) is 15.0 Å². The molecule has 0 saturated carbocycles. The average Bonchev–Trinajstić information content (AvgIpc) is 2.35. The van der Waals surface area contributed by atoms with Crippen LogP contribution >= 0.6 is 0 Å². The van der Waals surface area contributed by atoms with Crippen LogP contribution in [0.5, 0.6) is 0 Å². The van der Waals surface area contributed by atoms with Gasteiger partial charge < -0.3 is 9.84 Å². The van der Waals surface area contributed by atoms with Crippen LogP contribution in [-0.4, -0.2) is 30.2 Å². The lowest BCUT2D eigenvalue weighted by molar-refractivity contribution is 0.0600. The maximum absolute atomic E-state index is 11.4. The summed E-state index contributed by atoms with van der Waals surface area (Å²) in [7, 11) is 1.22. The smallest absolute Gasteiger partial charge is 0.423 e. The highest BCUT2D eigenvalue weighted by molar-refractivity contribution is 5.98. The van der Waals surface area contributed by atoms with Crippen LogP contribution < -0.4 is 10.9 Å². The minimum atomic E-state index is -1.39. The number of hydrogen-bond donors (Lipinski definition) is 3. The topological polar surface area (TPSA) is 105 Å². The largest absolute Gasteiger partial charge is 0.465 e. The van der Waals surface area contributed by atoms with E-state index < -0.39 is 18.0 Å². The Morgan fingerprint density at radius 1 is 1.18 bits per heavy atom. The highest BCUT2D eigenvalue weighted by Crippen LogP contribution is 2.06. The minimum absolute atomic E-state index is 0.140. The Balaban J connectivity index is 2.80. The monoisotopic (exact) mass is 238 g/mol. The molecule has 1 aromatic carbocycles. The molecule has 0 fully saturated rings. The fraction of sp³-hybridized carbons (Fsp3) is 0.100. The Kier molecular flexibility index (Phi) is 4.04. The third-order valence-corrected chi connectivity index (χ3v) is 1.83. The Labute approximate surface area is 96.4 Å². The Bertz CT molecular complexity index is 458. The number of nitrogens with one attached hydrogen (secondary N) is 2. The second-order valence-electron chi connectivity index (χ2n) is 2.96. The van der Waals surface area contributed by atoms with Gasteiger partial charge in [0.15, 0.2) is 0 Å². The molecule has 0 radical (unpaired) electrons. The molecular weight excluding hydrogens is 228 g/mol. The second kappa shape index (κ2) is 5.50. The van der Waals surface area contributed by atoms with Crippen molar-refractivity contribution in [2.75, 3.05) is 7.11 Å². The van der Waals surface area contributed by atoms with E-state index in [4.69, 9.17) is 5.11 Å². The molecular formula is C10H10N2O5. The first-order chi connectivity index (χ1) is 8.04. The van der Waals surface area contributed by atoms with E-state index in [9.17, 15) is 14.4 Å². The van der Waals surface area contributed by atoms with Crippen molar-refractivity contribution in [3.63, 3.8) is 0 Å². The summed E-state index contributed by atoms with van der Waals surface area (Å²) < 4.78 is 4.49. The van der Waals surface area contributed by atoms with Gasteiger partial charge in [0.25, 0.3) is 5.91 Å². The molecule has 7 heteroatoms. The lowest BCUT2D eigenvalue weighted by atomic mass is 10.1. The molecule has 0 saturated heterocycles. The van der Waals surface area contributed by atoms with Crippen molar-refractivity contribution in [2.45, 2.75) is 0 Å². The van der Waals surface area contributed by atoms with E-state index in [2.05, 4.69) is 4.74 Å². The number of esters is 1. The van der Waals surface area contributed by atoms with E-state index in [0.29, 0.717) is 0 Å². The van der Waals surface area contributed by atoms with E-state index in [0.717, 1.165) is 0 Å². The summed E-state index contributed by atoms with van der Waals surface area (Å²) in [5.74, 6) is -1.25. The third-order valence-electron chi connectivity index (χ3n) is 1.83. The van der Waals surface area contributed by atoms with E-state index in [-0.39, 0.29) is 11.1 Å². The van der Waals surface area contributed by atoms with E-state index in [1.54, 1.807) is 5.43 Å². The lowest BCUT2D eigenvalue weighted by Gasteiger charge is -2.05. The molecule has 1 rings (SSSR count). The van der Waals surface area contributed by atoms with Gasteiger partial charge in [0.2, 0.25) is 0 Å². The summed E-state index contributed by atoms with van der Waals surface area (Å²) in [5.41, 5.74) is 3.99. The highest BCUT2D eigenvalue weighted by atomic mass is 16.5. The molecule has 3 N–H and O–H groups in total. The summed E-state index contributed by atoms with van der Waals surface area (Å²) in [6, 6.07) is 5.70. The predicted octanol–water partition coefficient (Wildman–Crippen LogP) is 0.386. The molecule has 0 aromatic heterocycles. The molecule has 2 amide bonds. The summed E-state index contributed by atoms with van der Waals surface area (Å²) in [5, 5.41) is 8.29. The van der Waals surface area contributed by atoms with Crippen LogP contribution in [0, 0.1) is 0 Å². The lowest BCUT2D eigenvalue weighted by Crippen LogP contribution is -2.40. The number of hydrogen-bond acceptors (Lipinski definition) is 4. The number of ether oxygens (including phenoxy) is 1. The molecule has 7 nitrogen and oxygen atoms in total. The van der Waals surface area contributed by atoms with E-state index in [1.165, 1.54) is 31.4 Å². The van der Waals surface area contributed by atoms with E-state index in [1.807, 2.05) is 5.43 Å². The fourth-order valence-electron chi connectivity index (χ4n) is 1.09. The zero-order chi connectivity index (χ0) is 12.8. The fourth-order valence-corrected chi connectivity index (χ4v) is 1.09. The van der Waals surface area contributed by atoms with Crippen molar-refractivity contribution in [2.24, 2.45) is 0 Å². The van der Waals surface area contributed by atoms with Gasteiger partial charge in [-0.2, -0.15) is 0 Å². The van der Waals surface area contributed by atoms with Gasteiger partial charge in [-0.1, -0.05) is 6.07 Å². The van der Waals surface area contributed by atoms with Gasteiger partial charge in [0.1, 0.15) is 0 Å². The Hall–Kier alpha value is -2.57. The first kappa shape index (κ1) is 12.5. The van der Waals surface area contributed by atoms with Gasteiger partial charge in [-0.05, 0) is 18.2 Å². The molecule has 0 spiro atoms. The maximum Gasteiger partial charge on any atom is 0.423 e.